The van der Waals surface area contributed by atoms with E-state index >= 15 is 0 Å². The lowest BCUT2D eigenvalue weighted by molar-refractivity contribution is -0.141. The molecule has 2 aromatic carbocycles. The third-order valence-corrected chi connectivity index (χ3v) is 6.49. The lowest BCUT2D eigenvalue weighted by atomic mass is 9.91. The zero-order valence-corrected chi connectivity index (χ0v) is 18.7. The van der Waals surface area contributed by atoms with E-state index in [4.69, 9.17) is 9.47 Å². The van der Waals surface area contributed by atoms with Gasteiger partial charge in [0, 0.05) is 47.1 Å². The van der Waals surface area contributed by atoms with Crippen LogP contribution in [0.4, 0.5) is 0 Å². The van der Waals surface area contributed by atoms with Gasteiger partial charge < -0.3 is 14.8 Å². The van der Waals surface area contributed by atoms with Gasteiger partial charge in [-0.15, -0.1) is 0 Å². The summed E-state index contributed by atoms with van der Waals surface area (Å²) in [6.07, 6.45) is 4.84. The topological polar surface area (TPSA) is 78.3 Å². The number of hydrogen-bond donors (Lipinski definition) is 1. The summed E-state index contributed by atoms with van der Waals surface area (Å²) >= 11 is 0. The number of carbonyl (C=O) groups is 1. The van der Waals surface area contributed by atoms with Gasteiger partial charge in [-0.3, -0.25) is 14.5 Å². The van der Waals surface area contributed by atoms with Crippen LogP contribution >= 0.6 is 0 Å². The number of aryl methyl sites for hydroxylation is 1. The first-order valence-corrected chi connectivity index (χ1v) is 11.0. The molecule has 2 aromatic heterocycles. The Morgan fingerprint density at radius 3 is 2.79 bits per heavy atom. The van der Waals surface area contributed by atoms with Crippen molar-refractivity contribution in [2.45, 2.75) is 31.6 Å². The van der Waals surface area contributed by atoms with E-state index in [0.717, 1.165) is 44.5 Å². The molecule has 0 spiro atoms. The summed E-state index contributed by atoms with van der Waals surface area (Å²) in [7, 11) is 1.89. The van der Waals surface area contributed by atoms with E-state index in [-0.39, 0.29) is 11.9 Å². The summed E-state index contributed by atoms with van der Waals surface area (Å²) < 4.78 is 14.0. The van der Waals surface area contributed by atoms with Gasteiger partial charge in [0.15, 0.2) is 6.10 Å². The summed E-state index contributed by atoms with van der Waals surface area (Å²) in [4.78, 5) is 17.9. The molecule has 0 saturated carbocycles. The van der Waals surface area contributed by atoms with Gasteiger partial charge in [-0.1, -0.05) is 30.3 Å². The molecule has 2 atom stereocenters. The first kappa shape index (κ1) is 19.9. The number of nitrogens with zero attached hydrogens (tertiary/aromatic N) is 3. The second-order valence-corrected chi connectivity index (χ2v) is 9.14. The average Bonchev–Trinajstić information content (AvgIpc) is 3.49. The van der Waals surface area contributed by atoms with Gasteiger partial charge >= 0.3 is 0 Å². The fourth-order valence-electron chi connectivity index (χ4n) is 4.97. The summed E-state index contributed by atoms with van der Waals surface area (Å²) in [6.45, 7) is 4.38. The van der Waals surface area contributed by atoms with Crippen LogP contribution in [0.2, 0.25) is 0 Å². The van der Waals surface area contributed by atoms with E-state index in [1.807, 2.05) is 75.8 Å². The normalized spacial score (nSPS) is 20.3. The molecule has 2 aliphatic rings. The van der Waals surface area contributed by atoms with E-state index < -0.39 is 11.7 Å². The molecule has 0 fully saturated rings. The van der Waals surface area contributed by atoms with Crippen molar-refractivity contribution in [2.75, 3.05) is 6.61 Å². The molecule has 166 valence electrons. The molecule has 0 saturated heterocycles. The third kappa shape index (κ3) is 3.19. The summed E-state index contributed by atoms with van der Waals surface area (Å²) in [5.41, 5.74) is 5.17. The zero-order chi connectivity index (χ0) is 22.7. The van der Waals surface area contributed by atoms with E-state index in [9.17, 15) is 4.79 Å². The van der Waals surface area contributed by atoms with Gasteiger partial charge in [0.1, 0.15) is 12.4 Å². The molecule has 1 amide bonds. The van der Waals surface area contributed by atoms with Crippen molar-refractivity contribution in [1.82, 2.24) is 20.1 Å². The number of hydrogen-bond acceptors (Lipinski definition) is 5. The Morgan fingerprint density at radius 2 is 1.97 bits per heavy atom. The maximum Gasteiger partial charge on any atom is 0.254 e. The van der Waals surface area contributed by atoms with Gasteiger partial charge in [-0.2, -0.15) is 5.10 Å². The number of amides is 1. The minimum atomic E-state index is -0.717. The van der Waals surface area contributed by atoms with Crippen molar-refractivity contribution in [3.8, 4) is 16.9 Å². The molecule has 1 N–H and O–H groups in total. The van der Waals surface area contributed by atoms with E-state index in [0.29, 0.717) is 6.61 Å². The largest absolute Gasteiger partial charge is 0.491 e. The van der Waals surface area contributed by atoms with Crippen LogP contribution in [-0.4, -0.2) is 27.3 Å². The third-order valence-electron chi connectivity index (χ3n) is 6.49. The number of benzene rings is 2. The predicted molar refractivity (Wildman–Crippen MR) is 124 cm³/mol. The van der Waals surface area contributed by atoms with Crippen molar-refractivity contribution in [3.63, 3.8) is 0 Å². The molecule has 1 unspecified atom stereocenters. The van der Waals surface area contributed by atoms with Crippen LogP contribution in [0.15, 0.2) is 61.1 Å². The second-order valence-electron chi connectivity index (χ2n) is 9.14. The highest BCUT2D eigenvalue weighted by molar-refractivity contribution is 5.90. The van der Waals surface area contributed by atoms with E-state index in [2.05, 4.69) is 15.4 Å². The SMILES string of the molecule is Cn1cc(-c2ccc3c(c2)OC[C@H]3NC(=O)C2OC(C)(C)c3c2cnc2ccccc32)cn1. The van der Waals surface area contributed by atoms with Gasteiger partial charge in [-0.25, -0.2) is 0 Å². The van der Waals surface area contributed by atoms with Crippen molar-refractivity contribution in [2.24, 2.45) is 7.05 Å². The lowest BCUT2D eigenvalue weighted by Gasteiger charge is -2.22. The standard InChI is InChI=1S/C26H24N4O3/c1-26(2)23-18-6-4-5-7-20(18)27-12-19(23)24(33-26)25(31)29-21-14-32-22-10-15(8-9-17(21)22)16-11-28-30(3)13-16/h4-13,21,24H,14H2,1-3H3,(H,29,31)/t21-,24?/m1/s1. The fourth-order valence-corrected chi connectivity index (χ4v) is 4.97. The first-order valence-electron chi connectivity index (χ1n) is 11.0. The number of carbonyl (C=O) groups excluding carboxylic acids is 1. The molecular weight excluding hydrogens is 416 g/mol. The van der Waals surface area contributed by atoms with Crippen molar-refractivity contribution in [1.29, 1.82) is 0 Å². The Labute approximate surface area is 191 Å². The average molecular weight is 441 g/mol. The van der Waals surface area contributed by atoms with Crippen LogP contribution in [0.3, 0.4) is 0 Å². The molecule has 4 heterocycles. The number of aromatic nitrogens is 3. The van der Waals surface area contributed by atoms with Crippen molar-refractivity contribution in [3.05, 3.63) is 77.7 Å². The number of para-hydroxylation sites is 1. The fraction of sp³-hybridized carbons (Fsp3) is 0.269. The van der Waals surface area contributed by atoms with Crippen LogP contribution in [0.25, 0.3) is 22.0 Å². The number of ether oxygens (including phenoxy) is 2. The van der Waals surface area contributed by atoms with Crippen LogP contribution in [0, 0.1) is 0 Å². The smallest absolute Gasteiger partial charge is 0.254 e. The highest BCUT2D eigenvalue weighted by Gasteiger charge is 2.43. The molecule has 0 radical (unpaired) electrons. The molecule has 0 aliphatic carbocycles. The molecular formula is C26H24N4O3. The maximum absolute atomic E-state index is 13.4. The van der Waals surface area contributed by atoms with Crippen LogP contribution < -0.4 is 10.1 Å². The Balaban J connectivity index is 1.27. The van der Waals surface area contributed by atoms with Crippen molar-refractivity contribution >= 4 is 16.8 Å². The van der Waals surface area contributed by atoms with E-state index in [1.165, 1.54) is 0 Å². The molecule has 0 bridgehead atoms. The highest BCUT2D eigenvalue weighted by Crippen LogP contribution is 2.46. The molecule has 4 aromatic rings. The Morgan fingerprint density at radius 1 is 1.12 bits per heavy atom. The Kier molecular flexibility index (Phi) is 4.32. The number of fused-ring (bicyclic) bond motifs is 4. The predicted octanol–water partition coefficient (Wildman–Crippen LogP) is 4.19. The minimum Gasteiger partial charge on any atom is -0.491 e. The zero-order valence-electron chi connectivity index (χ0n) is 18.7. The molecule has 7 nitrogen and oxygen atoms in total. The molecule has 33 heavy (non-hydrogen) atoms. The number of rotatable bonds is 3. The van der Waals surface area contributed by atoms with Gasteiger partial charge in [-0.05, 0) is 31.5 Å². The summed E-state index contributed by atoms with van der Waals surface area (Å²) in [5, 5.41) is 8.39. The van der Waals surface area contributed by atoms with Crippen LogP contribution in [-0.2, 0) is 22.2 Å². The number of nitrogens with one attached hydrogen (secondary N) is 1. The maximum atomic E-state index is 13.4. The first-order chi connectivity index (χ1) is 15.9. The highest BCUT2D eigenvalue weighted by atomic mass is 16.5. The molecule has 7 heteroatoms. The van der Waals surface area contributed by atoms with E-state index in [1.54, 1.807) is 10.9 Å². The monoisotopic (exact) mass is 440 g/mol. The molecule has 6 rings (SSSR count). The van der Waals surface area contributed by atoms with Gasteiger partial charge in [0.05, 0.1) is 23.4 Å². The quantitative estimate of drug-likeness (QED) is 0.517. The van der Waals surface area contributed by atoms with Crippen molar-refractivity contribution < 1.29 is 14.3 Å². The Hall–Kier alpha value is -3.71. The second kappa shape index (κ2) is 7.15. The summed E-state index contributed by atoms with van der Waals surface area (Å²) in [5.74, 6) is 0.596. The van der Waals surface area contributed by atoms with Crippen LogP contribution in [0.5, 0.6) is 5.75 Å². The lowest BCUT2D eigenvalue weighted by Crippen LogP contribution is -2.34. The Bertz CT molecular complexity index is 1410. The minimum absolute atomic E-state index is 0.184. The number of pyridine rings is 1. The van der Waals surface area contributed by atoms with Gasteiger partial charge in [0.25, 0.3) is 5.91 Å². The van der Waals surface area contributed by atoms with Crippen LogP contribution in [0.1, 0.15) is 42.7 Å². The molecule has 2 aliphatic heterocycles. The summed E-state index contributed by atoms with van der Waals surface area (Å²) in [6, 6.07) is 13.8. The van der Waals surface area contributed by atoms with Gasteiger partial charge in [0.2, 0.25) is 0 Å².